The van der Waals surface area contributed by atoms with Crippen molar-refractivity contribution >= 4 is 57.7 Å². The number of hydrogen-bond donors (Lipinski definition) is 3. The summed E-state index contributed by atoms with van der Waals surface area (Å²) in [5.74, 6) is -0.142. The van der Waals surface area contributed by atoms with Crippen LogP contribution < -0.4 is 15.4 Å². The number of ether oxygens (including phenoxy) is 1. The fourth-order valence-corrected chi connectivity index (χ4v) is 9.02. The molecule has 4 aromatic carbocycles. The fourth-order valence-electron chi connectivity index (χ4n) is 8.01. The molecule has 11 nitrogen and oxygen atoms in total. The Morgan fingerprint density at radius 3 is 2.15 bits per heavy atom. The molecular weight excluding hydrogens is 858 g/mol. The number of halogens is 1. The molecule has 1 aliphatic rings. The molecule has 13 heteroatoms. The lowest BCUT2D eigenvalue weighted by molar-refractivity contribution is -0.144. The largest absolute Gasteiger partial charge is 0.492 e. The number of aliphatic hydroxyl groups is 1. The predicted octanol–water partition coefficient (Wildman–Crippen LogP) is 8.52. The molecule has 2 heterocycles. The zero-order chi connectivity index (χ0) is 46.5. The smallest absolute Gasteiger partial charge is 0.246 e. The van der Waals surface area contributed by atoms with Crippen molar-refractivity contribution in [3.05, 3.63) is 143 Å². The first-order chi connectivity index (χ1) is 31.2. The van der Waals surface area contributed by atoms with Crippen molar-refractivity contribution in [2.24, 2.45) is 5.41 Å². The quantitative estimate of drug-likeness (QED) is 0.0558. The van der Waals surface area contributed by atoms with E-state index in [1.807, 2.05) is 118 Å². The van der Waals surface area contributed by atoms with E-state index < -0.39 is 29.5 Å². The molecule has 6 rings (SSSR count). The maximum atomic E-state index is 14.1. The number of nitrogens with zero attached hydrogens (tertiary/aromatic N) is 3. The second-order valence-corrected chi connectivity index (χ2v) is 18.7. The van der Waals surface area contributed by atoms with E-state index in [1.54, 1.807) is 23.3 Å². The number of thiazole rings is 1. The van der Waals surface area contributed by atoms with Gasteiger partial charge in [0.15, 0.2) is 0 Å². The summed E-state index contributed by atoms with van der Waals surface area (Å²) in [6, 6.07) is 34.6. The number of allylic oxidation sites excluding steroid dienone is 1. The van der Waals surface area contributed by atoms with Gasteiger partial charge in [-0.3, -0.25) is 19.2 Å². The van der Waals surface area contributed by atoms with Gasteiger partial charge in [-0.25, -0.2) is 4.98 Å². The molecule has 0 bridgehead atoms. The Hall–Kier alpha value is -5.82. The van der Waals surface area contributed by atoms with Gasteiger partial charge in [0.25, 0.3) is 0 Å². The molecule has 0 spiro atoms. The van der Waals surface area contributed by atoms with Crippen molar-refractivity contribution < 1.29 is 29.0 Å². The molecule has 342 valence electrons. The van der Waals surface area contributed by atoms with E-state index in [-0.39, 0.29) is 63.1 Å². The lowest BCUT2D eigenvalue weighted by Gasteiger charge is -2.35. The zero-order valence-corrected chi connectivity index (χ0v) is 39.5. The summed E-state index contributed by atoms with van der Waals surface area (Å²) >= 11 is 7.89. The standard InChI is InChI=1S/C52H60ClN5O6S/c1-35-48(65-34-55-35)40-21-19-36(20-22-40)32-54-50(62)44-31-41(59)33-58(44)51(63)49(52(2,3)4)56-45(60)17-12-18-46(61)57(5)29-30-64-42-25-23-39(24-26-42)47(38-15-10-7-11-16-38)43(27-28-53)37-13-8-6-9-14-37/h6-11,13-16,19-26,34,41,44,49,59H,12,17-18,27-33H2,1-5H3,(H,54,62)(H,56,60)/b47-43-/t41-,44+,49-/m1/s1. The van der Waals surface area contributed by atoms with Crippen LogP contribution in [0.4, 0.5) is 0 Å². The van der Waals surface area contributed by atoms with E-state index in [0.717, 1.165) is 49.5 Å². The number of carbonyl (C=O) groups is 4. The average molecular weight is 919 g/mol. The zero-order valence-electron chi connectivity index (χ0n) is 37.9. The van der Waals surface area contributed by atoms with Crippen LogP contribution in [-0.4, -0.2) is 94.3 Å². The van der Waals surface area contributed by atoms with Crippen molar-refractivity contribution in [3.8, 4) is 16.2 Å². The molecule has 1 aromatic heterocycles. The molecule has 1 fully saturated rings. The summed E-state index contributed by atoms with van der Waals surface area (Å²) < 4.78 is 6.05. The van der Waals surface area contributed by atoms with Gasteiger partial charge in [-0.1, -0.05) is 118 Å². The van der Waals surface area contributed by atoms with Gasteiger partial charge in [0.2, 0.25) is 23.6 Å². The third kappa shape index (κ3) is 13.1. The normalized spacial score (nSPS) is 15.8. The number of likely N-dealkylation sites (tertiary alicyclic amines) is 1. The third-order valence-corrected chi connectivity index (χ3v) is 12.8. The number of likely N-dealkylation sites (N-methyl/N-ethyl adjacent to an activating group) is 1. The van der Waals surface area contributed by atoms with Crippen LogP contribution in [0.2, 0.25) is 0 Å². The van der Waals surface area contributed by atoms with Crippen molar-refractivity contribution in [1.82, 2.24) is 25.4 Å². The van der Waals surface area contributed by atoms with E-state index in [0.29, 0.717) is 24.6 Å². The highest BCUT2D eigenvalue weighted by Gasteiger charge is 2.44. The number of aryl methyl sites for hydroxylation is 1. The number of nitrogens with one attached hydrogen (secondary N) is 2. The minimum Gasteiger partial charge on any atom is -0.492 e. The summed E-state index contributed by atoms with van der Waals surface area (Å²) in [7, 11) is 1.71. The van der Waals surface area contributed by atoms with Gasteiger partial charge in [0.1, 0.15) is 24.4 Å². The van der Waals surface area contributed by atoms with Gasteiger partial charge in [-0.15, -0.1) is 22.9 Å². The predicted molar refractivity (Wildman–Crippen MR) is 259 cm³/mol. The van der Waals surface area contributed by atoms with Crippen LogP contribution in [0.1, 0.15) is 80.8 Å². The van der Waals surface area contributed by atoms with E-state index in [1.165, 1.54) is 4.90 Å². The second-order valence-electron chi connectivity index (χ2n) is 17.5. The SMILES string of the molecule is Cc1ncsc1-c1ccc(CNC(=O)[C@@H]2C[C@@H](O)CN2C(=O)[C@@H](NC(=O)CCCC(=O)N(C)CCOc2ccc(/C(=C(/CCCl)c3ccccc3)c3ccccc3)cc2)C(C)(C)C)cc1. The molecule has 0 aliphatic carbocycles. The molecular formula is C52H60ClN5O6S. The van der Waals surface area contributed by atoms with Gasteiger partial charge in [-0.2, -0.15) is 0 Å². The number of aromatic nitrogens is 1. The van der Waals surface area contributed by atoms with Gasteiger partial charge in [0.05, 0.1) is 28.7 Å². The van der Waals surface area contributed by atoms with Gasteiger partial charge >= 0.3 is 0 Å². The Kier molecular flexibility index (Phi) is 17.1. The maximum Gasteiger partial charge on any atom is 0.246 e. The number of carbonyl (C=O) groups excluding carboxylic acids is 4. The lowest BCUT2D eigenvalue weighted by Crippen LogP contribution is -2.57. The van der Waals surface area contributed by atoms with Crippen molar-refractivity contribution in [1.29, 1.82) is 0 Å². The third-order valence-electron chi connectivity index (χ3n) is 11.6. The minimum absolute atomic E-state index is 0.0186. The van der Waals surface area contributed by atoms with E-state index in [2.05, 4.69) is 39.9 Å². The first-order valence-corrected chi connectivity index (χ1v) is 23.6. The van der Waals surface area contributed by atoms with Gasteiger partial charge in [-0.05, 0) is 76.3 Å². The van der Waals surface area contributed by atoms with Crippen LogP contribution in [0.5, 0.6) is 5.75 Å². The molecule has 65 heavy (non-hydrogen) atoms. The monoisotopic (exact) mass is 917 g/mol. The van der Waals surface area contributed by atoms with Crippen LogP contribution in [0.3, 0.4) is 0 Å². The van der Waals surface area contributed by atoms with Crippen molar-refractivity contribution in [2.75, 3.05) is 32.6 Å². The van der Waals surface area contributed by atoms with Crippen LogP contribution in [0.15, 0.2) is 115 Å². The lowest BCUT2D eigenvalue weighted by atomic mass is 9.85. The number of aliphatic hydroxyl groups excluding tert-OH is 1. The van der Waals surface area contributed by atoms with Crippen LogP contribution in [-0.2, 0) is 25.7 Å². The van der Waals surface area contributed by atoms with Crippen LogP contribution in [0, 0.1) is 12.3 Å². The second kappa shape index (κ2) is 22.9. The summed E-state index contributed by atoms with van der Waals surface area (Å²) in [6.45, 7) is 8.36. The topological polar surface area (TPSA) is 141 Å². The molecule has 1 saturated heterocycles. The number of rotatable bonds is 19. The highest BCUT2D eigenvalue weighted by atomic mass is 35.5. The first kappa shape index (κ1) is 48.6. The van der Waals surface area contributed by atoms with Crippen LogP contribution >= 0.6 is 22.9 Å². The number of β-amino-alcohol motifs (C(OH)–C–C–N with tert-alkyl or cyclic N) is 1. The van der Waals surface area contributed by atoms with Crippen LogP contribution in [0.25, 0.3) is 21.6 Å². The van der Waals surface area contributed by atoms with Gasteiger partial charge < -0.3 is 30.3 Å². The molecule has 0 saturated carbocycles. The molecule has 0 radical (unpaired) electrons. The fraction of sp³-hybridized carbons (Fsp3) is 0.365. The highest BCUT2D eigenvalue weighted by molar-refractivity contribution is 7.13. The van der Waals surface area contributed by atoms with E-state index in [4.69, 9.17) is 16.3 Å². The summed E-state index contributed by atoms with van der Waals surface area (Å²) in [5, 5.41) is 16.4. The number of benzene rings is 4. The molecule has 1 aliphatic heterocycles. The summed E-state index contributed by atoms with van der Waals surface area (Å²) in [4.78, 5) is 62.3. The van der Waals surface area contributed by atoms with E-state index >= 15 is 0 Å². The van der Waals surface area contributed by atoms with Crippen molar-refractivity contribution in [2.45, 2.75) is 84.5 Å². The van der Waals surface area contributed by atoms with Gasteiger partial charge in [0, 0.05) is 45.3 Å². The Bertz CT molecular complexity index is 2400. The summed E-state index contributed by atoms with van der Waals surface area (Å²) in [6.07, 6.45) is 0.380. The maximum absolute atomic E-state index is 14.1. The average Bonchev–Trinajstić information content (AvgIpc) is 3.92. The molecule has 3 N–H and O–H groups in total. The molecule has 0 unspecified atom stereocenters. The summed E-state index contributed by atoms with van der Waals surface area (Å²) in [5.41, 5.74) is 9.55. The molecule has 4 amide bonds. The Labute approximate surface area is 391 Å². The Balaban J connectivity index is 0.968. The minimum atomic E-state index is -0.958. The number of alkyl halides is 1. The Morgan fingerprint density at radius 2 is 1.54 bits per heavy atom. The van der Waals surface area contributed by atoms with E-state index in [9.17, 15) is 24.3 Å². The molecule has 3 atom stereocenters. The Morgan fingerprint density at radius 1 is 0.892 bits per heavy atom. The van der Waals surface area contributed by atoms with Crippen molar-refractivity contribution in [3.63, 3.8) is 0 Å². The number of hydrogen-bond acceptors (Lipinski definition) is 8. The number of amides is 4. The first-order valence-electron chi connectivity index (χ1n) is 22.2. The molecule has 5 aromatic rings. The highest BCUT2D eigenvalue weighted by Crippen LogP contribution is 2.35.